The number of H-pyrrole nitrogens is 1. The third kappa shape index (κ3) is 2.46. The van der Waals surface area contributed by atoms with Crippen molar-refractivity contribution < 1.29 is 9.59 Å². The van der Waals surface area contributed by atoms with E-state index in [2.05, 4.69) is 9.97 Å². The van der Waals surface area contributed by atoms with Gasteiger partial charge in [-0.1, -0.05) is 13.0 Å². The van der Waals surface area contributed by atoms with E-state index in [1.807, 2.05) is 24.4 Å². The molecule has 0 bridgehead atoms. The summed E-state index contributed by atoms with van der Waals surface area (Å²) in [6.07, 6.45) is 6.76. The van der Waals surface area contributed by atoms with E-state index in [1.165, 1.54) is 5.57 Å². The third-order valence-electron chi connectivity index (χ3n) is 3.85. The predicted molar refractivity (Wildman–Crippen MR) is 80.6 cm³/mol. The molecule has 0 unspecified atom stereocenters. The summed E-state index contributed by atoms with van der Waals surface area (Å²) in [6.45, 7) is 2.79. The molecule has 5 heteroatoms. The average Bonchev–Trinajstić information content (AvgIpc) is 2.97. The summed E-state index contributed by atoms with van der Waals surface area (Å²) in [5.74, 6) is -0.684. The second-order valence-electron chi connectivity index (χ2n) is 5.11. The summed E-state index contributed by atoms with van der Waals surface area (Å²) >= 11 is 0. The molecule has 0 saturated carbocycles. The first-order valence-corrected chi connectivity index (χ1v) is 7.14. The van der Waals surface area contributed by atoms with Gasteiger partial charge in [0, 0.05) is 42.9 Å². The molecular weight excluding hydrogens is 266 g/mol. The van der Waals surface area contributed by atoms with Crippen LogP contribution in [-0.4, -0.2) is 39.6 Å². The van der Waals surface area contributed by atoms with Crippen LogP contribution in [0.15, 0.2) is 30.6 Å². The van der Waals surface area contributed by atoms with Crippen molar-refractivity contribution in [3.63, 3.8) is 0 Å². The van der Waals surface area contributed by atoms with Crippen LogP contribution in [0.5, 0.6) is 0 Å². The number of amides is 1. The molecule has 0 radical (unpaired) electrons. The second kappa shape index (κ2) is 5.52. The van der Waals surface area contributed by atoms with Crippen LogP contribution in [0.1, 0.15) is 25.3 Å². The number of aromatic nitrogens is 2. The van der Waals surface area contributed by atoms with E-state index in [1.54, 1.807) is 18.0 Å². The van der Waals surface area contributed by atoms with Gasteiger partial charge in [-0.15, -0.1) is 0 Å². The quantitative estimate of drug-likeness (QED) is 0.878. The van der Waals surface area contributed by atoms with Crippen LogP contribution in [0, 0.1) is 0 Å². The van der Waals surface area contributed by atoms with Crippen molar-refractivity contribution in [3.05, 3.63) is 36.2 Å². The minimum absolute atomic E-state index is 0.264. The largest absolute Gasteiger partial charge is 0.346 e. The van der Waals surface area contributed by atoms with E-state index in [0.717, 1.165) is 23.0 Å². The van der Waals surface area contributed by atoms with Crippen molar-refractivity contribution in [1.82, 2.24) is 14.9 Å². The lowest BCUT2D eigenvalue weighted by Gasteiger charge is -2.25. The molecule has 0 saturated heterocycles. The maximum atomic E-state index is 11.9. The monoisotopic (exact) mass is 283 g/mol. The Morgan fingerprint density at radius 3 is 3.00 bits per heavy atom. The van der Waals surface area contributed by atoms with Crippen molar-refractivity contribution in [2.24, 2.45) is 0 Å². The van der Waals surface area contributed by atoms with E-state index in [0.29, 0.717) is 13.1 Å². The number of aromatic amines is 1. The summed E-state index contributed by atoms with van der Waals surface area (Å²) in [5.41, 5.74) is 3.20. The van der Waals surface area contributed by atoms with Crippen molar-refractivity contribution in [3.8, 4) is 0 Å². The van der Waals surface area contributed by atoms with Crippen LogP contribution < -0.4 is 0 Å². The smallest absolute Gasteiger partial charge is 0.290 e. The Balaban J connectivity index is 1.82. The first-order chi connectivity index (χ1) is 10.2. The van der Waals surface area contributed by atoms with Crippen molar-refractivity contribution in [2.75, 3.05) is 13.1 Å². The molecule has 0 spiro atoms. The topological polar surface area (TPSA) is 66.1 Å². The lowest BCUT2D eigenvalue weighted by molar-refractivity contribution is -0.144. The number of pyridine rings is 1. The maximum Gasteiger partial charge on any atom is 0.290 e. The van der Waals surface area contributed by atoms with E-state index in [9.17, 15) is 9.59 Å². The van der Waals surface area contributed by atoms with Crippen LogP contribution >= 0.6 is 0 Å². The number of rotatable bonds is 3. The lowest BCUT2D eigenvalue weighted by Crippen LogP contribution is -2.39. The number of nitrogens with one attached hydrogen (secondary N) is 1. The van der Waals surface area contributed by atoms with Gasteiger partial charge >= 0.3 is 0 Å². The molecule has 2 aromatic heterocycles. The molecule has 0 atom stereocenters. The Bertz CT molecular complexity index is 730. The highest BCUT2D eigenvalue weighted by Gasteiger charge is 2.23. The SMILES string of the molecule is CCC(=O)C(=O)N1CC=C(c2c[nH]c3ncccc23)CC1. The lowest BCUT2D eigenvalue weighted by atomic mass is 9.99. The second-order valence-corrected chi connectivity index (χ2v) is 5.11. The van der Waals surface area contributed by atoms with Crippen LogP contribution in [0.3, 0.4) is 0 Å². The average molecular weight is 283 g/mol. The zero-order valence-electron chi connectivity index (χ0n) is 11.9. The molecule has 0 fully saturated rings. The van der Waals surface area contributed by atoms with Gasteiger partial charge in [0.25, 0.3) is 5.91 Å². The zero-order chi connectivity index (χ0) is 14.8. The molecule has 0 aromatic carbocycles. The molecule has 1 aliphatic heterocycles. The number of carbonyl (C=O) groups is 2. The molecule has 1 N–H and O–H groups in total. The van der Waals surface area contributed by atoms with Gasteiger partial charge in [0.2, 0.25) is 5.78 Å². The molecule has 2 aromatic rings. The molecule has 1 amide bonds. The van der Waals surface area contributed by atoms with Crippen LogP contribution in [0.2, 0.25) is 0 Å². The van der Waals surface area contributed by atoms with Gasteiger partial charge in [-0.2, -0.15) is 0 Å². The van der Waals surface area contributed by atoms with Crippen LogP contribution in [-0.2, 0) is 9.59 Å². The van der Waals surface area contributed by atoms with Gasteiger partial charge in [0.05, 0.1) is 0 Å². The number of ketones is 1. The number of Topliss-reactive ketones (excluding diaryl/α,β-unsaturated/α-hetero) is 1. The van der Waals surface area contributed by atoms with Gasteiger partial charge in [0.15, 0.2) is 0 Å². The van der Waals surface area contributed by atoms with Crippen LogP contribution in [0.4, 0.5) is 0 Å². The summed E-state index contributed by atoms with van der Waals surface area (Å²) < 4.78 is 0. The van der Waals surface area contributed by atoms with Crippen molar-refractivity contribution >= 4 is 28.3 Å². The molecule has 0 aliphatic carbocycles. The fraction of sp³-hybridized carbons (Fsp3) is 0.312. The maximum absolute atomic E-state index is 11.9. The Kier molecular flexibility index (Phi) is 3.56. The van der Waals surface area contributed by atoms with Gasteiger partial charge in [-0.3, -0.25) is 9.59 Å². The predicted octanol–water partition coefficient (Wildman–Crippen LogP) is 2.16. The number of carbonyl (C=O) groups excluding carboxylic acids is 2. The molecular formula is C16H17N3O2. The third-order valence-corrected chi connectivity index (χ3v) is 3.85. The van der Waals surface area contributed by atoms with Crippen molar-refractivity contribution in [2.45, 2.75) is 19.8 Å². The van der Waals surface area contributed by atoms with Gasteiger partial charge < -0.3 is 9.88 Å². The minimum atomic E-state index is -0.367. The van der Waals surface area contributed by atoms with Gasteiger partial charge in [-0.25, -0.2) is 4.98 Å². The van der Waals surface area contributed by atoms with E-state index < -0.39 is 0 Å². The molecule has 3 rings (SSSR count). The number of hydrogen-bond acceptors (Lipinski definition) is 3. The number of fused-ring (bicyclic) bond motifs is 1. The highest BCUT2D eigenvalue weighted by molar-refractivity contribution is 6.36. The molecule has 1 aliphatic rings. The van der Waals surface area contributed by atoms with Crippen LogP contribution in [0.25, 0.3) is 16.6 Å². The molecule has 5 nitrogen and oxygen atoms in total. The highest BCUT2D eigenvalue weighted by Crippen LogP contribution is 2.28. The fourth-order valence-corrected chi connectivity index (χ4v) is 2.65. The Morgan fingerprint density at radius 1 is 1.43 bits per heavy atom. The number of nitrogens with zero attached hydrogens (tertiary/aromatic N) is 2. The standard InChI is InChI=1S/C16H17N3O2/c1-2-14(20)16(21)19-8-5-11(6-9-19)13-10-18-15-12(13)4-3-7-17-15/h3-5,7,10H,2,6,8-9H2,1H3,(H,17,18). The first-order valence-electron chi connectivity index (χ1n) is 7.14. The number of hydrogen-bond donors (Lipinski definition) is 1. The van der Waals surface area contributed by atoms with Gasteiger partial charge in [0.1, 0.15) is 5.65 Å². The molecule has 3 heterocycles. The summed E-state index contributed by atoms with van der Waals surface area (Å²) in [6, 6.07) is 3.95. The van der Waals surface area contributed by atoms with E-state index in [-0.39, 0.29) is 18.1 Å². The Morgan fingerprint density at radius 2 is 2.29 bits per heavy atom. The zero-order valence-corrected chi connectivity index (χ0v) is 11.9. The molecule has 108 valence electrons. The Hall–Kier alpha value is -2.43. The fourth-order valence-electron chi connectivity index (χ4n) is 2.65. The summed E-state index contributed by atoms with van der Waals surface area (Å²) in [5, 5.41) is 1.09. The minimum Gasteiger partial charge on any atom is -0.346 e. The van der Waals surface area contributed by atoms with Gasteiger partial charge in [-0.05, 0) is 24.1 Å². The molecule has 21 heavy (non-hydrogen) atoms. The first kappa shape index (κ1) is 13.5. The van der Waals surface area contributed by atoms with E-state index in [4.69, 9.17) is 0 Å². The van der Waals surface area contributed by atoms with E-state index >= 15 is 0 Å². The van der Waals surface area contributed by atoms with Crippen molar-refractivity contribution in [1.29, 1.82) is 0 Å². The summed E-state index contributed by atoms with van der Waals surface area (Å²) in [7, 11) is 0. The Labute approximate surface area is 122 Å². The summed E-state index contributed by atoms with van der Waals surface area (Å²) in [4.78, 5) is 32.4. The normalized spacial score (nSPS) is 15.1. The highest BCUT2D eigenvalue weighted by atomic mass is 16.2.